The van der Waals surface area contributed by atoms with Gasteiger partial charge < -0.3 is 28.7 Å². The number of amides is 1. The van der Waals surface area contributed by atoms with Gasteiger partial charge in [-0.1, -0.05) is 12.1 Å². The highest BCUT2D eigenvalue weighted by Gasteiger charge is 2.30. The molecule has 0 spiro atoms. The third kappa shape index (κ3) is 7.57. The average molecular weight is 603 g/mol. The van der Waals surface area contributed by atoms with Gasteiger partial charge in [-0.3, -0.25) is 9.36 Å². The topological polar surface area (TPSA) is 104 Å². The highest BCUT2D eigenvalue weighted by atomic mass is 19.3. The molecule has 13 heteroatoms. The first-order valence-electron chi connectivity index (χ1n) is 14.9. The molecule has 234 valence electrons. The first-order chi connectivity index (χ1) is 21.0. The maximum absolute atomic E-state index is 14.1. The van der Waals surface area contributed by atoms with Crippen LogP contribution in [0.15, 0.2) is 30.3 Å². The maximum Gasteiger partial charge on any atom is 0.296 e. The number of halogens is 2. The Balaban J connectivity index is 1.31. The SMILES string of the molecule is COCCN(CCOC)C(=O)C1CCC(COc2cc(-n3c(C(F)F)nc4ccccc43)nc(N3CCOCC3)n2)CC1. The van der Waals surface area contributed by atoms with Crippen LogP contribution in [0.4, 0.5) is 14.7 Å². The molecule has 2 fully saturated rings. The molecule has 1 aliphatic heterocycles. The Bertz CT molecular complexity index is 1340. The number of aromatic nitrogens is 4. The fourth-order valence-corrected chi connectivity index (χ4v) is 5.70. The van der Waals surface area contributed by atoms with Gasteiger partial charge in [0.25, 0.3) is 6.43 Å². The van der Waals surface area contributed by atoms with Gasteiger partial charge in [-0.25, -0.2) is 13.8 Å². The van der Waals surface area contributed by atoms with E-state index in [-0.39, 0.29) is 29.4 Å². The predicted octanol–water partition coefficient (Wildman–Crippen LogP) is 3.90. The van der Waals surface area contributed by atoms with Crippen molar-refractivity contribution in [2.24, 2.45) is 11.8 Å². The van der Waals surface area contributed by atoms with Crippen molar-refractivity contribution in [1.82, 2.24) is 24.4 Å². The number of rotatable bonds is 13. The standard InChI is InChI=1S/C30H40F2N6O5/c1-40-15-11-36(12-16-41-2)29(39)22-9-7-21(8-10-22)20-43-26-19-25(34-30(35-26)37-13-17-42-18-14-37)38-24-6-4-3-5-23(24)33-28(38)27(31)32/h3-6,19,21-22,27H,7-18,20H2,1-2H3. The Hall–Kier alpha value is -3.42. The lowest BCUT2D eigenvalue weighted by molar-refractivity contribution is -0.138. The Morgan fingerprint density at radius 3 is 2.40 bits per heavy atom. The number of alkyl halides is 2. The molecule has 0 bridgehead atoms. The molecule has 1 amide bonds. The highest BCUT2D eigenvalue weighted by molar-refractivity contribution is 5.79. The van der Waals surface area contributed by atoms with E-state index in [9.17, 15) is 13.6 Å². The summed E-state index contributed by atoms with van der Waals surface area (Å²) in [7, 11) is 3.26. The molecule has 2 aromatic heterocycles. The van der Waals surface area contributed by atoms with E-state index in [0.29, 0.717) is 82.1 Å². The van der Waals surface area contributed by atoms with Crippen molar-refractivity contribution in [1.29, 1.82) is 0 Å². The number of carbonyl (C=O) groups is 1. The first kappa shape index (κ1) is 31.0. The zero-order valence-corrected chi connectivity index (χ0v) is 24.8. The van der Waals surface area contributed by atoms with Crippen LogP contribution in [-0.2, 0) is 19.0 Å². The van der Waals surface area contributed by atoms with E-state index < -0.39 is 6.43 Å². The number of carbonyl (C=O) groups excluding carboxylic acids is 1. The number of ether oxygens (including phenoxy) is 4. The Labute approximate surface area is 250 Å². The third-order valence-electron chi connectivity index (χ3n) is 8.09. The minimum Gasteiger partial charge on any atom is -0.477 e. The van der Waals surface area contributed by atoms with Gasteiger partial charge in [-0.2, -0.15) is 9.97 Å². The number of anilines is 1. The van der Waals surface area contributed by atoms with E-state index >= 15 is 0 Å². The van der Waals surface area contributed by atoms with Crippen LogP contribution in [0.1, 0.15) is 37.9 Å². The quantitative estimate of drug-likeness (QED) is 0.288. The second-order valence-electron chi connectivity index (χ2n) is 10.9. The second-order valence-corrected chi connectivity index (χ2v) is 10.9. The van der Waals surface area contributed by atoms with Crippen LogP contribution in [0, 0.1) is 11.8 Å². The van der Waals surface area contributed by atoms with E-state index in [0.717, 1.165) is 25.7 Å². The Morgan fingerprint density at radius 2 is 1.72 bits per heavy atom. The summed E-state index contributed by atoms with van der Waals surface area (Å²) >= 11 is 0. The lowest BCUT2D eigenvalue weighted by Gasteiger charge is -2.32. The molecule has 1 saturated heterocycles. The van der Waals surface area contributed by atoms with E-state index in [1.165, 1.54) is 4.57 Å². The molecular formula is C30H40F2N6O5. The van der Waals surface area contributed by atoms with Crippen molar-refractivity contribution in [3.05, 3.63) is 36.2 Å². The molecule has 0 N–H and O–H groups in total. The minimum atomic E-state index is -2.80. The molecule has 11 nitrogen and oxygen atoms in total. The van der Waals surface area contributed by atoms with Crippen molar-refractivity contribution in [2.45, 2.75) is 32.1 Å². The van der Waals surface area contributed by atoms with Crippen LogP contribution in [0.3, 0.4) is 0 Å². The number of nitrogens with zero attached hydrogens (tertiary/aromatic N) is 6. The zero-order chi connectivity index (χ0) is 30.2. The lowest BCUT2D eigenvalue weighted by Crippen LogP contribution is -2.41. The molecular weight excluding hydrogens is 562 g/mol. The highest BCUT2D eigenvalue weighted by Crippen LogP contribution is 2.32. The van der Waals surface area contributed by atoms with Gasteiger partial charge >= 0.3 is 0 Å². The van der Waals surface area contributed by atoms with Gasteiger partial charge in [0, 0.05) is 52.4 Å². The van der Waals surface area contributed by atoms with E-state index in [2.05, 4.69) is 15.0 Å². The van der Waals surface area contributed by atoms with Crippen LogP contribution < -0.4 is 9.64 Å². The summed E-state index contributed by atoms with van der Waals surface area (Å²) < 4.78 is 51.7. The van der Waals surface area contributed by atoms with Crippen molar-refractivity contribution in [2.75, 3.05) is 78.3 Å². The van der Waals surface area contributed by atoms with Crippen LogP contribution >= 0.6 is 0 Å². The maximum atomic E-state index is 14.1. The van der Waals surface area contributed by atoms with Crippen LogP contribution in [0.5, 0.6) is 5.88 Å². The van der Waals surface area contributed by atoms with Crippen molar-refractivity contribution >= 4 is 22.9 Å². The number of hydrogen-bond acceptors (Lipinski definition) is 9. The van der Waals surface area contributed by atoms with Gasteiger partial charge in [0.15, 0.2) is 5.82 Å². The number of imidazole rings is 1. The van der Waals surface area contributed by atoms with E-state index in [1.807, 2.05) is 9.80 Å². The molecule has 0 unspecified atom stereocenters. The number of para-hydroxylation sites is 2. The van der Waals surface area contributed by atoms with Gasteiger partial charge in [-0.15, -0.1) is 0 Å². The largest absolute Gasteiger partial charge is 0.477 e. The number of hydrogen-bond donors (Lipinski definition) is 0. The Kier molecular flexibility index (Phi) is 10.7. The predicted molar refractivity (Wildman–Crippen MR) is 156 cm³/mol. The molecule has 3 heterocycles. The summed E-state index contributed by atoms with van der Waals surface area (Å²) in [6.45, 7) is 4.68. The van der Waals surface area contributed by atoms with Gasteiger partial charge in [0.2, 0.25) is 17.7 Å². The molecule has 0 atom stereocenters. The van der Waals surface area contributed by atoms with Gasteiger partial charge in [0.05, 0.1) is 44.1 Å². The molecule has 1 aromatic carbocycles. The van der Waals surface area contributed by atoms with Gasteiger partial charge in [0.1, 0.15) is 5.82 Å². The number of fused-ring (bicyclic) bond motifs is 1. The van der Waals surface area contributed by atoms with E-state index in [1.54, 1.807) is 44.6 Å². The normalized spacial score (nSPS) is 19.2. The zero-order valence-electron chi connectivity index (χ0n) is 24.8. The van der Waals surface area contributed by atoms with Gasteiger partial charge in [-0.05, 0) is 43.7 Å². The molecule has 1 saturated carbocycles. The van der Waals surface area contributed by atoms with Crippen LogP contribution in [-0.4, -0.2) is 104 Å². The molecule has 43 heavy (non-hydrogen) atoms. The van der Waals surface area contributed by atoms with Crippen molar-refractivity contribution < 1.29 is 32.5 Å². The summed E-state index contributed by atoms with van der Waals surface area (Å²) in [5, 5.41) is 0. The van der Waals surface area contributed by atoms with Crippen LogP contribution in [0.2, 0.25) is 0 Å². The summed E-state index contributed by atoms with van der Waals surface area (Å²) in [4.78, 5) is 30.5. The monoisotopic (exact) mass is 602 g/mol. The summed E-state index contributed by atoms with van der Waals surface area (Å²) in [5.74, 6) is 0.954. The molecule has 1 aliphatic carbocycles. The second kappa shape index (κ2) is 14.8. The summed E-state index contributed by atoms with van der Waals surface area (Å²) in [6, 6.07) is 8.60. The minimum absolute atomic E-state index is 0.0363. The Morgan fingerprint density at radius 1 is 1.02 bits per heavy atom. The molecule has 0 radical (unpaired) electrons. The van der Waals surface area contributed by atoms with Crippen LogP contribution in [0.25, 0.3) is 16.9 Å². The lowest BCUT2D eigenvalue weighted by atomic mass is 9.81. The average Bonchev–Trinajstić information content (AvgIpc) is 3.44. The smallest absolute Gasteiger partial charge is 0.296 e. The third-order valence-corrected chi connectivity index (χ3v) is 8.09. The summed E-state index contributed by atoms with van der Waals surface area (Å²) in [5.41, 5.74) is 0.990. The number of morpholine rings is 1. The number of methoxy groups -OCH3 is 2. The fourth-order valence-electron chi connectivity index (χ4n) is 5.70. The fraction of sp³-hybridized carbons (Fsp3) is 0.600. The van der Waals surface area contributed by atoms with Crippen molar-refractivity contribution in [3.63, 3.8) is 0 Å². The molecule has 5 rings (SSSR count). The number of benzene rings is 1. The molecule has 2 aliphatic rings. The first-order valence-corrected chi connectivity index (χ1v) is 14.9. The van der Waals surface area contributed by atoms with Crippen molar-refractivity contribution in [3.8, 4) is 11.7 Å². The molecule has 3 aromatic rings. The van der Waals surface area contributed by atoms with E-state index in [4.69, 9.17) is 18.9 Å². The summed E-state index contributed by atoms with van der Waals surface area (Å²) in [6.07, 6.45) is 0.437.